The zero-order valence-corrected chi connectivity index (χ0v) is 10.3. The fraction of sp³-hybridized carbons (Fsp3) is 0.400. The summed E-state index contributed by atoms with van der Waals surface area (Å²) < 4.78 is 2.10. The minimum absolute atomic E-state index is 0.0206. The molecule has 0 spiro atoms. The van der Waals surface area contributed by atoms with Gasteiger partial charge in [-0.1, -0.05) is 6.92 Å². The van der Waals surface area contributed by atoms with Crippen molar-refractivity contribution in [3.8, 4) is 0 Å². The largest absolute Gasteiger partial charge is 0.323 e. The Bertz CT molecular complexity index is 606. The number of fused-ring (bicyclic) bond motifs is 1. The highest BCUT2D eigenvalue weighted by Crippen LogP contribution is 2.21. The molecular weight excluding hydrogens is 228 g/mol. The van der Waals surface area contributed by atoms with Crippen LogP contribution in [0.2, 0.25) is 0 Å². The molecule has 2 heterocycles. The van der Waals surface area contributed by atoms with Gasteiger partial charge in [0.05, 0.1) is 5.39 Å². The molecule has 2 aromatic heterocycles. The van der Waals surface area contributed by atoms with Crippen molar-refractivity contribution >= 4 is 33.8 Å². The summed E-state index contributed by atoms with van der Waals surface area (Å²) in [6.07, 6.45) is 0.950. The SMILES string of the molecule is CCc1cc2c(=O)n(CC)c(=S)[nH]c2s1. The fourth-order valence-electron chi connectivity index (χ4n) is 1.56. The van der Waals surface area contributed by atoms with Crippen LogP contribution in [0.4, 0.5) is 0 Å². The molecule has 0 radical (unpaired) electrons. The average Bonchev–Trinajstić information content (AvgIpc) is 2.61. The highest BCUT2D eigenvalue weighted by atomic mass is 32.1. The predicted octanol–water partition coefficient (Wildman–Crippen LogP) is 2.70. The summed E-state index contributed by atoms with van der Waals surface area (Å²) in [7, 11) is 0. The van der Waals surface area contributed by atoms with Crippen molar-refractivity contribution in [2.75, 3.05) is 0 Å². The Morgan fingerprint density at radius 1 is 1.53 bits per heavy atom. The van der Waals surface area contributed by atoms with E-state index in [-0.39, 0.29) is 5.56 Å². The lowest BCUT2D eigenvalue weighted by Crippen LogP contribution is -2.20. The van der Waals surface area contributed by atoms with E-state index in [2.05, 4.69) is 11.9 Å². The van der Waals surface area contributed by atoms with Gasteiger partial charge in [-0.15, -0.1) is 11.3 Å². The molecule has 15 heavy (non-hydrogen) atoms. The maximum atomic E-state index is 12.0. The maximum absolute atomic E-state index is 12.0. The number of hydrogen-bond acceptors (Lipinski definition) is 3. The molecule has 0 atom stereocenters. The van der Waals surface area contributed by atoms with Crippen LogP contribution in [0.25, 0.3) is 10.2 Å². The van der Waals surface area contributed by atoms with Crippen molar-refractivity contribution in [2.45, 2.75) is 26.8 Å². The van der Waals surface area contributed by atoms with Crippen molar-refractivity contribution in [3.05, 3.63) is 26.1 Å². The summed E-state index contributed by atoms with van der Waals surface area (Å²) in [6, 6.07) is 1.96. The maximum Gasteiger partial charge on any atom is 0.263 e. The Labute approximate surface area is 96.4 Å². The number of rotatable bonds is 2. The van der Waals surface area contributed by atoms with Gasteiger partial charge in [0.25, 0.3) is 5.56 Å². The van der Waals surface area contributed by atoms with Crippen LogP contribution in [0.15, 0.2) is 10.9 Å². The van der Waals surface area contributed by atoms with E-state index in [9.17, 15) is 4.79 Å². The van der Waals surface area contributed by atoms with Gasteiger partial charge in [0.15, 0.2) is 4.77 Å². The number of thiophene rings is 1. The van der Waals surface area contributed by atoms with E-state index >= 15 is 0 Å². The summed E-state index contributed by atoms with van der Waals surface area (Å²) in [6.45, 7) is 4.61. The average molecular weight is 240 g/mol. The number of aromatic nitrogens is 2. The van der Waals surface area contributed by atoms with Gasteiger partial charge in [-0.25, -0.2) is 0 Å². The van der Waals surface area contributed by atoms with Gasteiger partial charge in [0.1, 0.15) is 4.83 Å². The summed E-state index contributed by atoms with van der Waals surface area (Å²) in [4.78, 5) is 17.2. The number of H-pyrrole nitrogens is 1. The Hall–Kier alpha value is -0.940. The molecule has 0 bridgehead atoms. The molecule has 0 aliphatic rings. The lowest BCUT2D eigenvalue weighted by atomic mass is 10.3. The highest BCUT2D eigenvalue weighted by molar-refractivity contribution is 7.71. The molecular formula is C10H12N2OS2. The van der Waals surface area contributed by atoms with Crippen LogP contribution in [-0.2, 0) is 13.0 Å². The molecule has 80 valence electrons. The smallest absolute Gasteiger partial charge is 0.263 e. The topological polar surface area (TPSA) is 37.8 Å². The van der Waals surface area contributed by atoms with Gasteiger partial charge in [-0.2, -0.15) is 0 Å². The van der Waals surface area contributed by atoms with E-state index in [1.165, 1.54) is 4.88 Å². The van der Waals surface area contributed by atoms with E-state index in [0.717, 1.165) is 16.6 Å². The minimum atomic E-state index is 0.0206. The van der Waals surface area contributed by atoms with Gasteiger partial charge >= 0.3 is 0 Å². The van der Waals surface area contributed by atoms with Gasteiger partial charge in [0.2, 0.25) is 0 Å². The molecule has 0 aliphatic carbocycles. The van der Waals surface area contributed by atoms with Crippen molar-refractivity contribution < 1.29 is 0 Å². The first-order valence-electron chi connectivity index (χ1n) is 4.93. The van der Waals surface area contributed by atoms with Gasteiger partial charge in [-0.3, -0.25) is 9.36 Å². The zero-order valence-electron chi connectivity index (χ0n) is 8.66. The quantitative estimate of drug-likeness (QED) is 0.820. The molecule has 0 unspecified atom stereocenters. The Balaban J connectivity index is 2.89. The first-order valence-corrected chi connectivity index (χ1v) is 6.15. The molecule has 0 aromatic carbocycles. The molecule has 3 nitrogen and oxygen atoms in total. The molecule has 0 saturated carbocycles. The summed E-state index contributed by atoms with van der Waals surface area (Å²) in [5.41, 5.74) is 0.0206. The number of aryl methyl sites for hydroxylation is 1. The zero-order chi connectivity index (χ0) is 11.0. The van der Waals surface area contributed by atoms with Crippen molar-refractivity contribution in [3.63, 3.8) is 0 Å². The van der Waals surface area contributed by atoms with Gasteiger partial charge in [0, 0.05) is 11.4 Å². The Morgan fingerprint density at radius 3 is 2.87 bits per heavy atom. The monoisotopic (exact) mass is 240 g/mol. The highest BCUT2D eigenvalue weighted by Gasteiger charge is 2.07. The number of nitrogens with one attached hydrogen (secondary N) is 1. The predicted molar refractivity (Wildman–Crippen MR) is 66.3 cm³/mol. The second-order valence-corrected chi connectivity index (χ2v) is 4.81. The van der Waals surface area contributed by atoms with Crippen LogP contribution >= 0.6 is 23.6 Å². The van der Waals surface area contributed by atoms with Crippen LogP contribution in [-0.4, -0.2) is 9.55 Å². The fourth-order valence-corrected chi connectivity index (χ4v) is 2.92. The van der Waals surface area contributed by atoms with Crippen LogP contribution < -0.4 is 5.56 Å². The van der Waals surface area contributed by atoms with E-state index in [1.54, 1.807) is 15.9 Å². The Morgan fingerprint density at radius 2 is 2.27 bits per heavy atom. The molecule has 2 rings (SSSR count). The van der Waals surface area contributed by atoms with Crippen LogP contribution in [0.5, 0.6) is 0 Å². The van der Waals surface area contributed by atoms with Gasteiger partial charge in [-0.05, 0) is 31.6 Å². The Kier molecular flexibility index (Phi) is 2.75. The van der Waals surface area contributed by atoms with E-state index < -0.39 is 0 Å². The second kappa shape index (κ2) is 3.90. The summed E-state index contributed by atoms with van der Waals surface area (Å²) in [5, 5.41) is 0.757. The van der Waals surface area contributed by atoms with Crippen LogP contribution in [0.1, 0.15) is 18.7 Å². The standard InChI is InChI=1S/C10H12N2OS2/c1-3-6-5-7-8(15-6)11-10(14)12(4-2)9(7)13/h5H,3-4H2,1-2H3,(H,11,14). The molecule has 2 aromatic rings. The molecule has 1 N–H and O–H groups in total. The normalized spacial score (nSPS) is 11.1. The first kappa shape index (κ1) is 10.6. The van der Waals surface area contributed by atoms with Crippen molar-refractivity contribution in [1.82, 2.24) is 9.55 Å². The van der Waals surface area contributed by atoms with Gasteiger partial charge < -0.3 is 4.98 Å². The number of aromatic amines is 1. The van der Waals surface area contributed by atoms with E-state index in [0.29, 0.717) is 11.3 Å². The molecule has 5 heteroatoms. The number of hydrogen-bond donors (Lipinski definition) is 1. The summed E-state index contributed by atoms with van der Waals surface area (Å²) >= 11 is 6.73. The van der Waals surface area contributed by atoms with Crippen LogP contribution in [0, 0.1) is 4.77 Å². The van der Waals surface area contributed by atoms with E-state index in [1.807, 2.05) is 13.0 Å². The molecule has 0 fully saturated rings. The third-order valence-electron chi connectivity index (χ3n) is 2.39. The first-order chi connectivity index (χ1) is 7.17. The minimum Gasteiger partial charge on any atom is -0.323 e. The summed E-state index contributed by atoms with van der Waals surface area (Å²) in [5.74, 6) is 0. The van der Waals surface area contributed by atoms with E-state index in [4.69, 9.17) is 12.2 Å². The van der Waals surface area contributed by atoms with Crippen LogP contribution in [0.3, 0.4) is 0 Å². The van der Waals surface area contributed by atoms with Crippen molar-refractivity contribution in [1.29, 1.82) is 0 Å². The lowest BCUT2D eigenvalue weighted by molar-refractivity contribution is 0.705. The lowest BCUT2D eigenvalue weighted by Gasteiger charge is -2.00. The van der Waals surface area contributed by atoms with Crippen molar-refractivity contribution in [2.24, 2.45) is 0 Å². The third kappa shape index (κ3) is 1.66. The molecule has 0 saturated heterocycles. The molecule has 0 aliphatic heterocycles. The molecule has 0 amide bonds. The second-order valence-electron chi connectivity index (χ2n) is 3.29. The third-order valence-corrected chi connectivity index (χ3v) is 3.91. The number of nitrogens with zero attached hydrogens (tertiary/aromatic N) is 1.